The van der Waals surface area contributed by atoms with Gasteiger partial charge >= 0.3 is 0 Å². The molecule has 4 aliphatic rings. The Morgan fingerprint density at radius 2 is 2.00 bits per heavy atom. The van der Waals surface area contributed by atoms with E-state index in [9.17, 15) is 9.59 Å². The van der Waals surface area contributed by atoms with Crippen molar-refractivity contribution in [2.75, 3.05) is 37.4 Å². The molecule has 0 atom stereocenters. The molecule has 9 nitrogen and oxygen atoms in total. The summed E-state index contributed by atoms with van der Waals surface area (Å²) < 4.78 is 13.0. The lowest BCUT2D eigenvalue weighted by atomic mass is 9.62. The number of hydrogen-bond acceptors (Lipinski definition) is 7. The summed E-state index contributed by atoms with van der Waals surface area (Å²) >= 11 is 0. The van der Waals surface area contributed by atoms with E-state index in [-0.39, 0.29) is 16.5 Å². The van der Waals surface area contributed by atoms with Crippen LogP contribution in [0.2, 0.25) is 0 Å². The molecular weight excluding hydrogens is 542 g/mol. The number of carbonyl (C=O) groups is 1. The number of aryl methyl sites for hydroxylation is 3. The van der Waals surface area contributed by atoms with Gasteiger partial charge in [-0.1, -0.05) is 31.2 Å². The first-order chi connectivity index (χ1) is 20.8. The predicted octanol–water partition coefficient (Wildman–Crippen LogP) is 4.57. The third-order valence-corrected chi connectivity index (χ3v) is 9.10. The van der Waals surface area contributed by atoms with E-state index >= 15 is 0 Å². The summed E-state index contributed by atoms with van der Waals surface area (Å²) in [7, 11) is 1.71. The van der Waals surface area contributed by atoms with Gasteiger partial charge in [0, 0.05) is 60.5 Å². The number of anilines is 2. The Hall–Kier alpha value is -4.53. The minimum Gasteiger partial charge on any atom is -0.493 e. The van der Waals surface area contributed by atoms with Crippen LogP contribution < -0.4 is 26.1 Å². The molecule has 0 radical (unpaired) electrons. The molecule has 2 saturated heterocycles. The van der Waals surface area contributed by atoms with Crippen LogP contribution in [-0.4, -0.2) is 52.7 Å². The molecule has 8 rings (SSSR count). The summed E-state index contributed by atoms with van der Waals surface area (Å²) in [5.74, 6) is 2.17. The highest BCUT2D eigenvalue weighted by Crippen LogP contribution is 2.59. The summed E-state index contributed by atoms with van der Waals surface area (Å²) in [5, 5.41) is 5.46. The van der Waals surface area contributed by atoms with Crippen LogP contribution >= 0.6 is 0 Å². The van der Waals surface area contributed by atoms with Gasteiger partial charge in [0.05, 0.1) is 18.8 Å². The van der Waals surface area contributed by atoms with Gasteiger partial charge in [0.25, 0.3) is 5.56 Å². The first-order valence-electron chi connectivity index (χ1n) is 15.0. The van der Waals surface area contributed by atoms with E-state index in [0.717, 1.165) is 54.5 Å². The second kappa shape index (κ2) is 11.6. The molecule has 2 aromatic heterocycles. The lowest BCUT2D eigenvalue weighted by Gasteiger charge is -2.47. The number of nitrogens with zero attached hydrogens (tertiary/aromatic N) is 3. The van der Waals surface area contributed by atoms with Gasteiger partial charge in [0.2, 0.25) is 6.41 Å². The number of fused-ring (bicyclic) bond motifs is 3. The van der Waals surface area contributed by atoms with Crippen molar-refractivity contribution in [3.8, 4) is 11.5 Å². The molecule has 1 amide bonds. The molecule has 3 N–H and O–H groups in total. The second-order valence-electron chi connectivity index (χ2n) is 12.1. The number of benzene rings is 2. The normalized spacial score (nSPS) is 21.6. The number of pyridine rings is 2. The Morgan fingerprint density at radius 3 is 2.79 bits per heavy atom. The van der Waals surface area contributed by atoms with Crippen molar-refractivity contribution in [3.05, 3.63) is 88.5 Å². The Bertz CT molecular complexity index is 1690. The van der Waals surface area contributed by atoms with Crippen molar-refractivity contribution in [3.63, 3.8) is 0 Å². The Balaban J connectivity index is 0.000000229. The smallest absolute Gasteiger partial charge is 0.253 e. The molecule has 1 aliphatic carbocycles. The van der Waals surface area contributed by atoms with Gasteiger partial charge in [-0.15, -0.1) is 0 Å². The number of nitrogens with two attached hydrogens (primary N) is 1. The standard InChI is InChI=1S/C23H25N5O3.C11H14O/c1-27-8-6-16(9-20(27)30)31-14-22-10-23(11-22,28(13-22)15-29)12-26-19-4-2-3-18-17(19)5-7-25-21(18)24;1-2-9-5-6-11-10(8-9)4-3-7-12-11/h2-9,15,26H,10-14H2,1H3,(H2,24,25);5-6,8H,2-4,7H2,1H3. The monoisotopic (exact) mass is 581 g/mol. The van der Waals surface area contributed by atoms with E-state index in [0.29, 0.717) is 31.3 Å². The lowest BCUT2D eigenvalue weighted by molar-refractivity contribution is -0.121. The molecule has 0 spiro atoms. The first kappa shape index (κ1) is 28.6. The van der Waals surface area contributed by atoms with Crippen molar-refractivity contribution >= 4 is 28.7 Å². The lowest BCUT2D eigenvalue weighted by Crippen LogP contribution is -2.55. The van der Waals surface area contributed by atoms with Crippen LogP contribution in [0, 0.1) is 5.41 Å². The summed E-state index contributed by atoms with van der Waals surface area (Å²) in [6.45, 7) is 4.88. The largest absolute Gasteiger partial charge is 0.493 e. The van der Waals surface area contributed by atoms with E-state index < -0.39 is 0 Å². The Morgan fingerprint density at radius 1 is 1.14 bits per heavy atom. The Labute approximate surface area is 251 Å². The van der Waals surface area contributed by atoms with Crippen molar-refractivity contribution in [2.45, 2.75) is 44.6 Å². The van der Waals surface area contributed by atoms with Crippen molar-refractivity contribution in [2.24, 2.45) is 12.5 Å². The average Bonchev–Trinajstić information content (AvgIpc) is 3.51. The highest BCUT2D eigenvalue weighted by atomic mass is 16.5. The number of amides is 1. The number of nitrogen functional groups attached to an aromatic ring is 1. The molecular formula is C34H39N5O4. The minimum absolute atomic E-state index is 0.0726. The number of hydrogen-bond donors (Lipinski definition) is 2. The van der Waals surface area contributed by atoms with Crippen molar-refractivity contribution < 1.29 is 14.3 Å². The highest BCUT2D eigenvalue weighted by molar-refractivity contribution is 5.99. The molecule has 224 valence electrons. The molecule has 3 fully saturated rings. The molecule has 0 unspecified atom stereocenters. The first-order valence-corrected chi connectivity index (χ1v) is 15.0. The van der Waals surface area contributed by atoms with Gasteiger partial charge in [-0.3, -0.25) is 9.59 Å². The summed E-state index contributed by atoms with van der Waals surface area (Å²) in [5.41, 5.74) is 9.39. The third kappa shape index (κ3) is 5.63. The van der Waals surface area contributed by atoms with Crippen LogP contribution in [-0.2, 0) is 24.7 Å². The van der Waals surface area contributed by atoms with E-state index in [1.165, 1.54) is 34.6 Å². The SMILES string of the molecule is CCc1ccc2c(c1)CCCO2.Cn1ccc(OCC23CN(C=O)C(CNc4cccc5c(N)nccc45)(C2)C3)cc1=O. The molecule has 5 heterocycles. The molecule has 3 aliphatic heterocycles. The van der Waals surface area contributed by atoms with Crippen LogP contribution in [0.3, 0.4) is 0 Å². The molecule has 43 heavy (non-hydrogen) atoms. The van der Waals surface area contributed by atoms with Crippen LogP contribution in [0.5, 0.6) is 11.5 Å². The summed E-state index contributed by atoms with van der Waals surface area (Å²) in [6.07, 6.45) is 9.55. The number of aromatic nitrogens is 2. The van der Waals surface area contributed by atoms with Crippen LogP contribution in [0.1, 0.15) is 37.3 Å². The maximum absolute atomic E-state index is 11.8. The van der Waals surface area contributed by atoms with Crippen molar-refractivity contribution in [1.82, 2.24) is 14.5 Å². The molecule has 2 bridgehead atoms. The molecule has 1 saturated carbocycles. The van der Waals surface area contributed by atoms with Crippen molar-refractivity contribution in [1.29, 1.82) is 0 Å². The zero-order chi connectivity index (χ0) is 30.0. The predicted molar refractivity (Wildman–Crippen MR) is 169 cm³/mol. The van der Waals surface area contributed by atoms with Gasteiger partial charge < -0.3 is 30.0 Å². The van der Waals surface area contributed by atoms with Gasteiger partial charge in [-0.2, -0.15) is 0 Å². The summed E-state index contributed by atoms with van der Waals surface area (Å²) in [6, 6.07) is 17.7. The molecule has 9 heteroatoms. The number of carbonyl (C=O) groups excluding carboxylic acids is 1. The van der Waals surface area contributed by atoms with Gasteiger partial charge in [-0.25, -0.2) is 4.98 Å². The van der Waals surface area contributed by atoms with E-state index in [1.807, 2.05) is 29.2 Å². The number of nitrogens with one attached hydrogen (secondary N) is 1. The van der Waals surface area contributed by atoms with Gasteiger partial charge in [-0.05, 0) is 67.5 Å². The fourth-order valence-corrected chi connectivity index (χ4v) is 6.85. The van der Waals surface area contributed by atoms with E-state index in [2.05, 4.69) is 35.4 Å². The zero-order valence-corrected chi connectivity index (χ0v) is 24.8. The number of rotatable bonds is 8. The van der Waals surface area contributed by atoms with E-state index in [1.54, 1.807) is 25.5 Å². The van der Waals surface area contributed by atoms with Crippen LogP contribution in [0.25, 0.3) is 10.8 Å². The number of ether oxygens (including phenoxy) is 2. The topological polar surface area (TPSA) is 112 Å². The second-order valence-corrected chi connectivity index (χ2v) is 12.1. The average molecular weight is 582 g/mol. The van der Waals surface area contributed by atoms with Gasteiger partial charge in [0.15, 0.2) is 0 Å². The molecule has 2 aromatic carbocycles. The maximum atomic E-state index is 11.8. The minimum atomic E-state index is -0.224. The quantitative estimate of drug-likeness (QED) is 0.293. The van der Waals surface area contributed by atoms with E-state index in [4.69, 9.17) is 15.2 Å². The van der Waals surface area contributed by atoms with Crippen LogP contribution in [0.4, 0.5) is 11.5 Å². The Kier molecular flexibility index (Phi) is 7.73. The third-order valence-electron chi connectivity index (χ3n) is 9.10. The van der Waals surface area contributed by atoms with Gasteiger partial charge in [0.1, 0.15) is 17.3 Å². The highest BCUT2D eigenvalue weighted by Gasteiger charge is 2.65. The molecule has 4 aromatic rings. The fraction of sp³-hybridized carbons (Fsp3) is 0.382. The van der Waals surface area contributed by atoms with Crippen LogP contribution in [0.15, 0.2) is 71.8 Å². The zero-order valence-electron chi connectivity index (χ0n) is 24.8. The maximum Gasteiger partial charge on any atom is 0.253 e. The summed E-state index contributed by atoms with van der Waals surface area (Å²) in [4.78, 5) is 29.7. The fourth-order valence-electron chi connectivity index (χ4n) is 6.85.